The second-order valence-corrected chi connectivity index (χ2v) is 3.86. The molecule has 2 rings (SSSR count). The molecule has 2 heterocycles. The fourth-order valence-corrected chi connectivity index (χ4v) is 1.84. The Morgan fingerprint density at radius 2 is 2.21 bits per heavy atom. The number of likely N-dealkylation sites (tertiary alicyclic amines) is 1. The van der Waals surface area contributed by atoms with E-state index in [9.17, 15) is 4.79 Å². The van der Waals surface area contributed by atoms with E-state index in [0.717, 1.165) is 12.1 Å². The number of hydrogen-bond acceptors (Lipinski definition) is 3. The average molecular weight is 193 g/mol. The van der Waals surface area contributed by atoms with Gasteiger partial charge in [0.1, 0.15) is 0 Å². The van der Waals surface area contributed by atoms with Crippen LogP contribution in [-0.4, -0.2) is 23.8 Å². The van der Waals surface area contributed by atoms with Crippen molar-refractivity contribution < 1.29 is 9.21 Å². The molecule has 14 heavy (non-hydrogen) atoms. The second-order valence-electron chi connectivity index (χ2n) is 3.86. The zero-order chi connectivity index (χ0) is 9.97. The van der Waals surface area contributed by atoms with Gasteiger partial charge in [-0.2, -0.15) is 0 Å². The van der Waals surface area contributed by atoms with Gasteiger partial charge in [-0.3, -0.25) is 9.69 Å². The number of carbonyl (C=O) groups is 1. The van der Waals surface area contributed by atoms with Crippen LogP contribution in [0.2, 0.25) is 0 Å². The molecule has 3 heteroatoms. The number of nitrogens with zero attached hydrogens (tertiary/aromatic N) is 1. The Labute approximate surface area is 83.7 Å². The molecule has 1 aliphatic heterocycles. The van der Waals surface area contributed by atoms with Crippen molar-refractivity contribution >= 4 is 5.78 Å². The van der Waals surface area contributed by atoms with Crippen molar-refractivity contribution in [3.8, 4) is 0 Å². The lowest BCUT2D eigenvalue weighted by Crippen LogP contribution is -2.17. The Kier molecular flexibility index (Phi) is 2.68. The molecule has 1 fully saturated rings. The molecule has 0 aliphatic carbocycles. The smallest absolute Gasteiger partial charge is 0.194 e. The Bertz CT molecular complexity index is 324. The lowest BCUT2D eigenvalue weighted by molar-refractivity contribution is 0.0987. The minimum Gasteiger partial charge on any atom is -0.461 e. The van der Waals surface area contributed by atoms with Crippen LogP contribution in [0.4, 0.5) is 0 Å². The first-order valence-corrected chi connectivity index (χ1v) is 5.06. The topological polar surface area (TPSA) is 33.5 Å². The zero-order valence-corrected chi connectivity index (χ0v) is 8.45. The molecule has 1 aromatic rings. The van der Waals surface area contributed by atoms with E-state index in [1.54, 1.807) is 6.26 Å². The van der Waals surface area contributed by atoms with Gasteiger partial charge >= 0.3 is 0 Å². The Morgan fingerprint density at radius 1 is 1.50 bits per heavy atom. The Hall–Kier alpha value is -1.09. The monoisotopic (exact) mass is 193 g/mol. The van der Waals surface area contributed by atoms with Crippen LogP contribution < -0.4 is 0 Å². The van der Waals surface area contributed by atoms with Crippen LogP contribution >= 0.6 is 0 Å². The van der Waals surface area contributed by atoms with Gasteiger partial charge in [-0.1, -0.05) is 0 Å². The molecule has 0 aromatic carbocycles. The Balaban J connectivity index is 1.98. The van der Waals surface area contributed by atoms with Crippen molar-refractivity contribution in [2.75, 3.05) is 13.1 Å². The molecule has 0 saturated carbocycles. The summed E-state index contributed by atoms with van der Waals surface area (Å²) in [6, 6.07) is 1.85. The van der Waals surface area contributed by atoms with E-state index in [1.165, 1.54) is 32.9 Å². The van der Waals surface area contributed by atoms with E-state index in [1.807, 2.05) is 6.07 Å². The molecule has 0 unspecified atom stereocenters. The lowest BCUT2D eigenvalue weighted by Gasteiger charge is -2.11. The summed E-state index contributed by atoms with van der Waals surface area (Å²) in [7, 11) is 0. The molecule has 0 atom stereocenters. The van der Waals surface area contributed by atoms with Crippen LogP contribution in [0, 0.1) is 0 Å². The number of carbonyl (C=O) groups excluding carboxylic acids is 1. The summed E-state index contributed by atoms with van der Waals surface area (Å²) in [5.74, 6) is 0.469. The van der Waals surface area contributed by atoms with Gasteiger partial charge in [0, 0.05) is 19.0 Å². The molecule has 1 aromatic heterocycles. The number of rotatable bonds is 3. The van der Waals surface area contributed by atoms with Gasteiger partial charge < -0.3 is 4.42 Å². The summed E-state index contributed by atoms with van der Waals surface area (Å²) in [5, 5.41) is 0. The van der Waals surface area contributed by atoms with E-state index in [4.69, 9.17) is 4.42 Å². The number of Topliss-reactive ketones (excluding diaryl/α,β-unsaturated/α-hetero) is 1. The normalized spacial score (nSPS) is 17.5. The van der Waals surface area contributed by atoms with Crippen LogP contribution in [0.15, 0.2) is 16.7 Å². The van der Waals surface area contributed by atoms with E-state index >= 15 is 0 Å². The lowest BCUT2D eigenvalue weighted by atomic mass is 10.2. The molecular formula is C11H15NO2. The minimum atomic E-state index is -0.00216. The molecule has 76 valence electrons. The predicted molar refractivity (Wildman–Crippen MR) is 53.2 cm³/mol. The van der Waals surface area contributed by atoms with Gasteiger partial charge in [0.25, 0.3) is 0 Å². The standard InChI is InChI=1S/C11H15NO2/c1-9(13)11-6-10(8-14-11)7-12-4-2-3-5-12/h6,8H,2-5,7H2,1H3. The molecule has 0 radical (unpaired) electrons. The predicted octanol–water partition coefficient (Wildman–Crippen LogP) is 2.08. The van der Waals surface area contributed by atoms with Gasteiger partial charge in [0.05, 0.1) is 6.26 Å². The summed E-state index contributed by atoms with van der Waals surface area (Å²) in [5.41, 5.74) is 1.11. The fraction of sp³-hybridized carbons (Fsp3) is 0.545. The van der Waals surface area contributed by atoms with Crippen molar-refractivity contribution in [3.63, 3.8) is 0 Å². The second kappa shape index (κ2) is 3.96. The summed E-state index contributed by atoms with van der Waals surface area (Å²) >= 11 is 0. The van der Waals surface area contributed by atoms with Crippen LogP contribution in [0.1, 0.15) is 35.9 Å². The van der Waals surface area contributed by atoms with E-state index in [2.05, 4.69) is 4.90 Å². The van der Waals surface area contributed by atoms with Crippen molar-refractivity contribution in [2.45, 2.75) is 26.3 Å². The zero-order valence-electron chi connectivity index (χ0n) is 8.45. The van der Waals surface area contributed by atoms with Gasteiger partial charge in [-0.25, -0.2) is 0 Å². The third-order valence-electron chi connectivity index (χ3n) is 2.61. The third-order valence-corrected chi connectivity index (χ3v) is 2.61. The van der Waals surface area contributed by atoms with E-state index < -0.39 is 0 Å². The summed E-state index contributed by atoms with van der Waals surface area (Å²) < 4.78 is 5.16. The molecule has 1 aliphatic rings. The maximum Gasteiger partial charge on any atom is 0.194 e. The quantitative estimate of drug-likeness (QED) is 0.689. The largest absolute Gasteiger partial charge is 0.461 e. The van der Waals surface area contributed by atoms with Crippen molar-refractivity contribution in [1.82, 2.24) is 4.90 Å². The van der Waals surface area contributed by atoms with Gasteiger partial charge in [-0.15, -0.1) is 0 Å². The van der Waals surface area contributed by atoms with Crippen LogP contribution in [-0.2, 0) is 6.54 Å². The van der Waals surface area contributed by atoms with Gasteiger partial charge in [0.2, 0.25) is 0 Å². The first kappa shape index (κ1) is 9.46. The van der Waals surface area contributed by atoms with Crippen molar-refractivity contribution in [2.24, 2.45) is 0 Å². The number of hydrogen-bond donors (Lipinski definition) is 0. The maximum absolute atomic E-state index is 11.0. The Morgan fingerprint density at radius 3 is 2.79 bits per heavy atom. The molecule has 0 spiro atoms. The highest BCUT2D eigenvalue weighted by atomic mass is 16.3. The van der Waals surface area contributed by atoms with Gasteiger partial charge in [0.15, 0.2) is 11.5 Å². The highest BCUT2D eigenvalue weighted by Gasteiger charge is 2.13. The van der Waals surface area contributed by atoms with Crippen LogP contribution in [0.25, 0.3) is 0 Å². The molecular weight excluding hydrogens is 178 g/mol. The number of ketones is 1. The summed E-state index contributed by atoms with van der Waals surface area (Å²) in [6.07, 6.45) is 4.27. The third kappa shape index (κ3) is 2.04. The molecule has 3 nitrogen and oxygen atoms in total. The highest BCUT2D eigenvalue weighted by Crippen LogP contribution is 2.15. The van der Waals surface area contributed by atoms with E-state index in [-0.39, 0.29) is 5.78 Å². The maximum atomic E-state index is 11.0. The molecule has 1 saturated heterocycles. The fourth-order valence-electron chi connectivity index (χ4n) is 1.84. The van der Waals surface area contributed by atoms with E-state index in [0.29, 0.717) is 5.76 Å². The SMILES string of the molecule is CC(=O)c1cc(CN2CCCC2)co1. The highest BCUT2D eigenvalue weighted by molar-refractivity contribution is 5.91. The van der Waals surface area contributed by atoms with Crippen LogP contribution in [0.3, 0.4) is 0 Å². The average Bonchev–Trinajstić information content (AvgIpc) is 2.75. The molecule has 0 bridgehead atoms. The first-order chi connectivity index (χ1) is 6.75. The van der Waals surface area contributed by atoms with Crippen molar-refractivity contribution in [3.05, 3.63) is 23.7 Å². The summed E-state index contributed by atoms with van der Waals surface area (Å²) in [6.45, 7) is 4.77. The molecule has 0 amide bonds. The minimum absolute atomic E-state index is 0.00216. The summed E-state index contributed by atoms with van der Waals surface area (Å²) in [4.78, 5) is 13.4. The van der Waals surface area contributed by atoms with Crippen molar-refractivity contribution in [1.29, 1.82) is 0 Å². The number of furan rings is 1. The van der Waals surface area contributed by atoms with Crippen LogP contribution in [0.5, 0.6) is 0 Å². The van der Waals surface area contributed by atoms with Gasteiger partial charge in [-0.05, 0) is 32.0 Å². The first-order valence-electron chi connectivity index (χ1n) is 5.06. The molecule has 0 N–H and O–H groups in total.